The van der Waals surface area contributed by atoms with E-state index >= 15 is 0 Å². The van der Waals surface area contributed by atoms with E-state index in [1.807, 2.05) is 6.92 Å². The van der Waals surface area contributed by atoms with Crippen molar-refractivity contribution in [2.75, 3.05) is 19.6 Å². The van der Waals surface area contributed by atoms with Crippen molar-refractivity contribution in [2.24, 2.45) is 0 Å². The van der Waals surface area contributed by atoms with Crippen molar-refractivity contribution in [3.63, 3.8) is 0 Å². The number of hydrogen-bond donors (Lipinski definition) is 2. The Hall–Kier alpha value is -0.610. The first-order valence-electron chi connectivity index (χ1n) is 8.65. The van der Waals surface area contributed by atoms with Gasteiger partial charge in [0, 0.05) is 11.6 Å². The summed E-state index contributed by atoms with van der Waals surface area (Å²) in [5.74, 6) is 0.105. The molecule has 4 heteroatoms. The lowest BCUT2D eigenvalue weighted by atomic mass is 10.0. The van der Waals surface area contributed by atoms with E-state index in [-0.39, 0.29) is 17.5 Å². The van der Waals surface area contributed by atoms with Crippen molar-refractivity contribution in [1.82, 2.24) is 15.5 Å². The fourth-order valence-corrected chi connectivity index (χ4v) is 2.71. The lowest BCUT2D eigenvalue weighted by Gasteiger charge is -2.33. The summed E-state index contributed by atoms with van der Waals surface area (Å²) in [7, 11) is 0. The molecule has 2 N–H and O–H groups in total. The molecule has 1 heterocycles. The van der Waals surface area contributed by atoms with Crippen LogP contribution < -0.4 is 10.6 Å². The number of likely N-dealkylation sites (tertiary alicyclic amines) is 1. The average Bonchev–Trinajstić information content (AvgIpc) is 2.44. The topological polar surface area (TPSA) is 44.4 Å². The number of carbonyl (C=O) groups is 1. The predicted molar refractivity (Wildman–Crippen MR) is 89.5 cm³/mol. The lowest BCUT2D eigenvalue weighted by Crippen LogP contribution is -2.51. The molecule has 1 fully saturated rings. The van der Waals surface area contributed by atoms with Crippen LogP contribution in [-0.2, 0) is 4.79 Å². The molecule has 2 unspecified atom stereocenters. The molecule has 21 heavy (non-hydrogen) atoms. The Balaban J connectivity index is 2.18. The summed E-state index contributed by atoms with van der Waals surface area (Å²) in [6.45, 7) is 13.8. The van der Waals surface area contributed by atoms with Crippen molar-refractivity contribution >= 4 is 5.91 Å². The molecule has 1 rings (SSSR count). The van der Waals surface area contributed by atoms with Gasteiger partial charge in [0.2, 0.25) is 5.91 Å². The molecule has 0 aromatic rings. The highest BCUT2D eigenvalue weighted by atomic mass is 16.2. The van der Waals surface area contributed by atoms with Gasteiger partial charge in [-0.25, -0.2) is 0 Å². The molecular formula is C17H35N3O. The molecule has 0 spiro atoms. The van der Waals surface area contributed by atoms with Crippen molar-refractivity contribution in [3.8, 4) is 0 Å². The third kappa shape index (κ3) is 6.79. The first-order chi connectivity index (χ1) is 9.85. The summed E-state index contributed by atoms with van der Waals surface area (Å²) < 4.78 is 0. The molecule has 4 nitrogen and oxygen atoms in total. The van der Waals surface area contributed by atoms with Crippen LogP contribution in [0.2, 0.25) is 0 Å². The maximum Gasteiger partial charge on any atom is 0.237 e. The molecule has 0 radical (unpaired) electrons. The lowest BCUT2D eigenvalue weighted by molar-refractivity contribution is -0.124. The predicted octanol–water partition coefficient (Wildman–Crippen LogP) is 2.53. The zero-order valence-electron chi connectivity index (χ0n) is 14.7. The summed E-state index contributed by atoms with van der Waals surface area (Å²) in [4.78, 5) is 14.7. The first kappa shape index (κ1) is 18.4. The zero-order chi connectivity index (χ0) is 15.9. The van der Waals surface area contributed by atoms with Crippen LogP contribution >= 0.6 is 0 Å². The molecule has 0 aliphatic carbocycles. The molecule has 0 saturated carbocycles. The Morgan fingerprint density at radius 1 is 1.38 bits per heavy atom. The van der Waals surface area contributed by atoms with Gasteiger partial charge in [-0.1, -0.05) is 13.3 Å². The number of carbonyl (C=O) groups excluding carboxylic acids is 1. The number of hydrogen-bond acceptors (Lipinski definition) is 3. The van der Waals surface area contributed by atoms with E-state index in [9.17, 15) is 4.79 Å². The average molecular weight is 297 g/mol. The van der Waals surface area contributed by atoms with Gasteiger partial charge in [-0.3, -0.25) is 4.79 Å². The summed E-state index contributed by atoms with van der Waals surface area (Å²) in [6, 6.07) is 0.611. The van der Waals surface area contributed by atoms with E-state index in [1.54, 1.807) is 0 Å². The number of rotatable bonds is 8. The highest BCUT2D eigenvalue weighted by Crippen LogP contribution is 2.16. The van der Waals surface area contributed by atoms with Crippen molar-refractivity contribution < 1.29 is 4.79 Å². The normalized spacial score (nSPS) is 22.0. The van der Waals surface area contributed by atoms with E-state index in [0.717, 1.165) is 32.0 Å². The van der Waals surface area contributed by atoms with E-state index in [2.05, 4.69) is 43.2 Å². The highest BCUT2D eigenvalue weighted by molar-refractivity contribution is 5.81. The summed E-state index contributed by atoms with van der Waals surface area (Å²) in [6.07, 6.45) is 6.10. The standard InChI is InChI=1S/C17H35N3O/c1-6-17(4,5)19-16(21)15(3)18-11-9-13-20-12-8-7-10-14(20)2/h14-15,18H,6-13H2,1-5H3,(H,19,21). The van der Waals surface area contributed by atoms with Crippen LogP contribution in [0, 0.1) is 0 Å². The first-order valence-corrected chi connectivity index (χ1v) is 8.65. The Kier molecular flexibility index (Phi) is 7.67. The van der Waals surface area contributed by atoms with Gasteiger partial charge in [0.15, 0.2) is 0 Å². The molecule has 0 aromatic heterocycles. The van der Waals surface area contributed by atoms with E-state index in [4.69, 9.17) is 0 Å². The highest BCUT2D eigenvalue weighted by Gasteiger charge is 2.21. The van der Waals surface area contributed by atoms with Crippen LogP contribution in [0.25, 0.3) is 0 Å². The van der Waals surface area contributed by atoms with Crippen LogP contribution in [-0.4, -0.2) is 48.1 Å². The van der Waals surface area contributed by atoms with Crippen LogP contribution in [0.1, 0.15) is 66.7 Å². The number of piperidine rings is 1. The smallest absolute Gasteiger partial charge is 0.237 e. The van der Waals surface area contributed by atoms with E-state index in [0.29, 0.717) is 0 Å². The molecule has 1 saturated heterocycles. The van der Waals surface area contributed by atoms with Gasteiger partial charge >= 0.3 is 0 Å². The molecule has 0 bridgehead atoms. The molecule has 124 valence electrons. The second-order valence-corrected chi connectivity index (χ2v) is 7.14. The molecule has 1 aliphatic heterocycles. The minimum absolute atomic E-state index is 0.105. The fourth-order valence-electron chi connectivity index (χ4n) is 2.71. The Morgan fingerprint density at radius 3 is 2.71 bits per heavy atom. The van der Waals surface area contributed by atoms with Crippen LogP contribution in [0.3, 0.4) is 0 Å². The second kappa shape index (κ2) is 8.74. The molecule has 1 amide bonds. The molecule has 0 aromatic carbocycles. The summed E-state index contributed by atoms with van der Waals surface area (Å²) in [5.41, 5.74) is -0.115. The molecule has 2 atom stereocenters. The largest absolute Gasteiger partial charge is 0.350 e. The Bertz CT molecular complexity index is 317. The third-order valence-electron chi connectivity index (χ3n) is 4.75. The number of amides is 1. The van der Waals surface area contributed by atoms with Crippen LogP contribution in [0.4, 0.5) is 0 Å². The van der Waals surface area contributed by atoms with Gasteiger partial charge in [0.25, 0.3) is 0 Å². The van der Waals surface area contributed by atoms with Gasteiger partial charge in [-0.15, -0.1) is 0 Å². The van der Waals surface area contributed by atoms with Gasteiger partial charge in [0.1, 0.15) is 0 Å². The zero-order valence-corrected chi connectivity index (χ0v) is 14.7. The maximum atomic E-state index is 12.1. The van der Waals surface area contributed by atoms with Gasteiger partial charge in [-0.05, 0) is 73.0 Å². The van der Waals surface area contributed by atoms with Gasteiger partial charge in [0.05, 0.1) is 6.04 Å². The minimum Gasteiger partial charge on any atom is -0.350 e. The molecular weight excluding hydrogens is 262 g/mol. The monoisotopic (exact) mass is 297 g/mol. The summed E-state index contributed by atoms with van der Waals surface area (Å²) >= 11 is 0. The molecule has 1 aliphatic rings. The van der Waals surface area contributed by atoms with Crippen molar-refractivity contribution in [1.29, 1.82) is 0 Å². The maximum absolute atomic E-state index is 12.1. The van der Waals surface area contributed by atoms with Crippen LogP contribution in [0.5, 0.6) is 0 Å². The van der Waals surface area contributed by atoms with Crippen LogP contribution in [0.15, 0.2) is 0 Å². The van der Waals surface area contributed by atoms with Gasteiger partial charge in [-0.2, -0.15) is 0 Å². The van der Waals surface area contributed by atoms with Crippen molar-refractivity contribution in [2.45, 2.75) is 84.3 Å². The van der Waals surface area contributed by atoms with E-state index < -0.39 is 0 Å². The van der Waals surface area contributed by atoms with Gasteiger partial charge < -0.3 is 15.5 Å². The fraction of sp³-hybridized carbons (Fsp3) is 0.941. The SMILES string of the molecule is CCC(C)(C)NC(=O)C(C)NCCCN1CCCCC1C. The van der Waals surface area contributed by atoms with Crippen molar-refractivity contribution in [3.05, 3.63) is 0 Å². The second-order valence-electron chi connectivity index (χ2n) is 7.14. The Labute approximate surface area is 131 Å². The number of nitrogens with zero attached hydrogens (tertiary/aromatic N) is 1. The summed E-state index contributed by atoms with van der Waals surface area (Å²) in [5, 5.41) is 6.44. The quantitative estimate of drug-likeness (QED) is 0.677. The minimum atomic E-state index is -0.116. The Morgan fingerprint density at radius 2 is 2.10 bits per heavy atom. The third-order valence-corrected chi connectivity index (χ3v) is 4.75. The van der Waals surface area contributed by atoms with E-state index in [1.165, 1.54) is 25.8 Å². The number of nitrogens with one attached hydrogen (secondary N) is 2.